The molecule has 3 fully saturated rings. The van der Waals surface area contributed by atoms with Crippen LogP contribution in [0.5, 0.6) is 0 Å². The van der Waals surface area contributed by atoms with E-state index in [4.69, 9.17) is 0 Å². The molecule has 0 atom stereocenters. The molecule has 36 heavy (non-hydrogen) atoms. The van der Waals surface area contributed by atoms with Gasteiger partial charge in [0.25, 0.3) is 0 Å². The molecule has 1 aromatic rings. The van der Waals surface area contributed by atoms with E-state index in [9.17, 15) is 0 Å². The van der Waals surface area contributed by atoms with Gasteiger partial charge in [-0.2, -0.15) is 0 Å². The Balaban J connectivity index is 0.000000247. The van der Waals surface area contributed by atoms with E-state index in [1.54, 1.807) is 0 Å². The molecule has 0 aromatic heterocycles. The molecule has 0 heterocycles. The highest BCUT2D eigenvalue weighted by atomic mass is 14.3. The third-order valence-corrected chi connectivity index (χ3v) is 6.49. The lowest BCUT2D eigenvalue weighted by Gasteiger charge is -2.25. The molecule has 0 bridgehead atoms. The molecule has 1 aromatic carbocycles. The summed E-state index contributed by atoms with van der Waals surface area (Å²) in [6.07, 6.45) is 0. The molecule has 0 N–H and O–H groups in total. The highest BCUT2D eigenvalue weighted by molar-refractivity contribution is 5.75. The van der Waals surface area contributed by atoms with Gasteiger partial charge in [0.1, 0.15) is 0 Å². The van der Waals surface area contributed by atoms with Gasteiger partial charge in [0, 0.05) is 0 Å². The zero-order valence-corrected chi connectivity index (χ0v) is 21.7. The van der Waals surface area contributed by atoms with Crippen LogP contribution in [0.15, 0.2) is 146 Å². The summed E-state index contributed by atoms with van der Waals surface area (Å²) in [7, 11) is 0. The van der Waals surface area contributed by atoms with Crippen molar-refractivity contribution < 1.29 is 0 Å². The molecule has 0 saturated heterocycles. The molecule has 0 unspecified atom stereocenters. The first-order chi connectivity index (χ1) is 16.4. The lowest BCUT2D eigenvalue weighted by atomic mass is 9.79. The fraction of sp³-hybridized carbons (Fsp3) is 0. The van der Waals surface area contributed by atoms with Crippen LogP contribution in [0, 0.1) is 0 Å². The summed E-state index contributed by atoms with van der Waals surface area (Å²) in [4.78, 5) is 0. The fourth-order valence-electron chi connectivity index (χ4n) is 2.99. The second kappa shape index (κ2) is 10.7. The molecule has 0 radical (unpaired) electrons. The maximum atomic E-state index is 3.85. The van der Waals surface area contributed by atoms with Crippen molar-refractivity contribution in [2.75, 3.05) is 0 Å². The number of hydrogen-bond acceptors (Lipinski definition) is 0. The Bertz CT molecular complexity index is 1320. The van der Waals surface area contributed by atoms with E-state index >= 15 is 0 Å². The summed E-state index contributed by atoms with van der Waals surface area (Å²) in [6.45, 7) is 67.8. The average molecular weight is 469 g/mol. The van der Waals surface area contributed by atoms with Crippen LogP contribution in [-0.2, 0) is 0 Å². The summed E-state index contributed by atoms with van der Waals surface area (Å²) in [5.41, 5.74) is 11.3. The van der Waals surface area contributed by atoms with Crippen molar-refractivity contribution in [3.63, 3.8) is 0 Å². The molecule has 3 aliphatic rings. The lowest BCUT2D eigenvalue weighted by molar-refractivity contribution is 1.29. The van der Waals surface area contributed by atoms with Crippen LogP contribution in [0.2, 0.25) is 0 Å². The van der Waals surface area contributed by atoms with E-state index in [0.29, 0.717) is 0 Å². The van der Waals surface area contributed by atoms with Gasteiger partial charge in [0.2, 0.25) is 0 Å². The first kappa shape index (κ1) is 29.4. The smallest absolute Gasteiger partial charge is 0.0183 e. The Hall–Kier alpha value is -4.68. The largest absolute Gasteiger partial charge is 0.0906 e. The molecular weight excluding hydrogens is 432 g/mol. The third kappa shape index (κ3) is 5.51. The molecule has 0 nitrogen and oxygen atoms in total. The summed E-state index contributed by atoms with van der Waals surface area (Å²) in [5, 5.41) is 4.90. The minimum atomic E-state index is 0.817. The van der Waals surface area contributed by atoms with E-state index in [1.165, 1.54) is 0 Å². The fourth-order valence-corrected chi connectivity index (χ4v) is 2.99. The van der Waals surface area contributed by atoms with Crippen LogP contribution in [0.3, 0.4) is 0 Å². The van der Waals surface area contributed by atoms with Crippen molar-refractivity contribution in [2.24, 2.45) is 0 Å². The number of hydrogen-bond donors (Lipinski definition) is 0. The van der Waals surface area contributed by atoms with Gasteiger partial charge < -0.3 is 0 Å². The van der Waals surface area contributed by atoms with E-state index in [-0.39, 0.29) is 0 Å². The predicted octanol–water partition coefficient (Wildman–Crippen LogP) is 4.82. The van der Waals surface area contributed by atoms with Crippen LogP contribution >= 0.6 is 0 Å². The molecule has 0 aliphatic heterocycles. The SMILES string of the molecule is C=C1C(=C)C(=C)C(=C)C1=C.C=C1C(=C)C(=C)C1=C.C=C1C(=C)C1=C.C=c1c(=C)c(=C)c(=C)c(=C)c1=C. The zero-order chi connectivity index (χ0) is 28.4. The number of benzene rings is 1. The minimum Gasteiger partial charge on any atom is -0.0906 e. The van der Waals surface area contributed by atoms with Gasteiger partial charge in [0.15, 0.2) is 0 Å². The van der Waals surface area contributed by atoms with Crippen molar-refractivity contribution in [3.8, 4) is 0 Å². The maximum absolute atomic E-state index is 3.85. The Morgan fingerprint density at radius 1 is 0.139 bits per heavy atom. The van der Waals surface area contributed by atoms with Gasteiger partial charge in [-0.3, -0.25) is 0 Å². The standard InChI is InChI=1S/C12H12.C10H10.C8H8.C6H6/c1-7-8(2)10(4)12(6)11(5)9(7)3;1-6-7(2)9(4)10(5)8(6)3;1-5-6(2)8(4)7(5)3;1-4-5(2)6(4)3/h1-6H2;1-5H2;1-4H2;1-3H2. The van der Waals surface area contributed by atoms with Gasteiger partial charge in [-0.1, -0.05) is 118 Å². The average Bonchev–Trinajstić information content (AvgIpc) is 3.36. The molecule has 4 rings (SSSR count). The highest BCUT2D eigenvalue weighted by Gasteiger charge is 2.22. The van der Waals surface area contributed by atoms with Gasteiger partial charge >= 0.3 is 0 Å². The Morgan fingerprint density at radius 2 is 0.194 bits per heavy atom. The van der Waals surface area contributed by atoms with Crippen molar-refractivity contribution in [1.82, 2.24) is 0 Å². The lowest BCUT2D eigenvalue weighted by Crippen LogP contribution is -2.62. The summed E-state index contributed by atoms with van der Waals surface area (Å²) >= 11 is 0. The molecule has 0 amide bonds. The topological polar surface area (TPSA) is 0 Å². The van der Waals surface area contributed by atoms with Crippen molar-refractivity contribution in [2.45, 2.75) is 0 Å². The van der Waals surface area contributed by atoms with Crippen LogP contribution < -0.4 is 31.3 Å². The van der Waals surface area contributed by atoms with Crippen molar-refractivity contribution in [3.05, 3.63) is 177 Å². The van der Waals surface area contributed by atoms with Crippen LogP contribution in [0.25, 0.3) is 39.5 Å². The maximum Gasteiger partial charge on any atom is -0.0183 e. The van der Waals surface area contributed by atoms with E-state index in [2.05, 4.69) is 118 Å². The third-order valence-electron chi connectivity index (χ3n) is 6.49. The molecule has 3 saturated carbocycles. The Labute approximate surface area is 216 Å². The second-order valence-corrected chi connectivity index (χ2v) is 8.61. The summed E-state index contributed by atoms with van der Waals surface area (Å²) in [6, 6.07) is 0. The molecule has 0 heteroatoms. The van der Waals surface area contributed by atoms with Gasteiger partial charge in [-0.25, -0.2) is 0 Å². The van der Waals surface area contributed by atoms with E-state index < -0.39 is 0 Å². The second-order valence-electron chi connectivity index (χ2n) is 8.61. The first-order valence-electron chi connectivity index (χ1n) is 10.9. The Kier molecular flexibility index (Phi) is 8.74. The quantitative estimate of drug-likeness (QED) is 0.512. The number of rotatable bonds is 0. The van der Waals surface area contributed by atoms with E-state index in [0.717, 1.165) is 98.2 Å². The van der Waals surface area contributed by atoms with E-state index in [1.807, 2.05) is 0 Å². The van der Waals surface area contributed by atoms with Gasteiger partial charge in [-0.15, -0.1) is 0 Å². The van der Waals surface area contributed by atoms with Crippen molar-refractivity contribution in [1.29, 1.82) is 0 Å². The molecule has 0 spiro atoms. The summed E-state index contributed by atoms with van der Waals surface area (Å²) in [5.74, 6) is 0. The van der Waals surface area contributed by atoms with Crippen LogP contribution in [-0.4, -0.2) is 0 Å². The normalized spacial score (nSPS) is 16.0. The van der Waals surface area contributed by atoms with Gasteiger partial charge in [-0.05, 0) is 98.2 Å². The molecule has 180 valence electrons. The monoisotopic (exact) mass is 468 g/mol. The first-order valence-corrected chi connectivity index (χ1v) is 10.9. The zero-order valence-electron chi connectivity index (χ0n) is 21.7. The minimum absolute atomic E-state index is 0.817. The predicted molar refractivity (Wildman–Crippen MR) is 167 cm³/mol. The summed E-state index contributed by atoms with van der Waals surface area (Å²) < 4.78 is 0. The molecule has 3 aliphatic carbocycles. The van der Waals surface area contributed by atoms with Crippen molar-refractivity contribution >= 4 is 39.5 Å². The highest BCUT2D eigenvalue weighted by Crippen LogP contribution is 2.40. The van der Waals surface area contributed by atoms with Crippen LogP contribution in [0.4, 0.5) is 0 Å². The molecular formula is C36H36. The van der Waals surface area contributed by atoms with Gasteiger partial charge in [0.05, 0.1) is 0 Å². The van der Waals surface area contributed by atoms with Crippen LogP contribution in [0.1, 0.15) is 0 Å². The number of allylic oxidation sites excluding steroid dienone is 12. The Morgan fingerprint density at radius 3 is 0.250 bits per heavy atom.